The van der Waals surface area contributed by atoms with Crippen LogP contribution in [0.4, 0.5) is 0 Å². The third kappa shape index (κ3) is 8.20. The highest BCUT2D eigenvalue weighted by atomic mass is 127. The highest BCUT2D eigenvalue weighted by Gasteiger charge is 2.10. The van der Waals surface area contributed by atoms with E-state index >= 15 is 0 Å². The van der Waals surface area contributed by atoms with Gasteiger partial charge < -0.3 is 20.1 Å². The van der Waals surface area contributed by atoms with Gasteiger partial charge in [0.1, 0.15) is 12.4 Å². The van der Waals surface area contributed by atoms with Gasteiger partial charge in [0.05, 0.1) is 13.2 Å². The Morgan fingerprint density at radius 1 is 1.00 bits per heavy atom. The summed E-state index contributed by atoms with van der Waals surface area (Å²) in [4.78, 5) is 6.68. The molecule has 0 radical (unpaired) electrons. The summed E-state index contributed by atoms with van der Waals surface area (Å²) < 4.78 is 11.4. The minimum Gasteiger partial charge on any atom is -0.492 e. The van der Waals surface area contributed by atoms with Gasteiger partial charge in [-0.05, 0) is 11.6 Å². The van der Waals surface area contributed by atoms with Gasteiger partial charge in [-0.3, -0.25) is 9.89 Å². The van der Waals surface area contributed by atoms with E-state index in [1.54, 1.807) is 7.05 Å². The van der Waals surface area contributed by atoms with E-state index in [0.29, 0.717) is 13.2 Å². The first-order valence-corrected chi connectivity index (χ1v) is 9.84. The minimum absolute atomic E-state index is 0. The lowest BCUT2D eigenvalue weighted by molar-refractivity contribution is 0.0322. The summed E-state index contributed by atoms with van der Waals surface area (Å²) in [5.74, 6) is 1.69. The van der Waals surface area contributed by atoms with Gasteiger partial charge in [-0.25, -0.2) is 0 Å². The number of benzene rings is 2. The Labute approximate surface area is 190 Å². The summed E-state index contributed by atoms with van der Waals surface area (Å²) >= 11 is 0. The Hall–Kier alpha value is -1.84. The third-order valence-electron chi connectivity index (χ3n) is 4.71. The van der Waals surface area contributed by atoms with Crippen molar-refractivity contribution >= 4 is 29.9 Å². The zero-order valence-corrected chi connectivity index (χ0v) is 19.3. The Morgan fingerprint density at radius 3 is 2.45 bits per heavy atom. The van der Waals surface area contributed by atoms with E-state index < -0.39 is 0 Å². The molecular weight excluding hydrogens is 479 g/mol. The number of aliphatic imine (C=N–C) groups is 1. The van der Waals surface area contributed by atoms with Crippen LogP contribution in [0.1, 0.15) is 11.1 Å². The number of nitrogens with one attached hydrogen (secondary N) is 2. The van der Waals surface area contributed by atoms with Crippen LogP contribution in [0, 0.1) is 0 Å². The SMILES string of the molecule is CN=C(NCc1ccccc1)NCc1ccccc1OCCN1CCOCC1.I. The Bertz CT molecular complexity index is 737. The fourth-order valence-electron chi connectivity index (χ4n) is 3.08. The fourth-order valence-corrected chi connectivity index (χ4v) is 3.08. The van der Waals surface area contributed by atoms with E-state index in [1.165, 1.54) is 5.56 Å². The summed E-state index contributed by atoms with van der Waals surface area (Å²) in [7, 11) is 1.78. The summed E-state index contributed by atoms with van der Waals surface area (Å²) in [5.41, 5.74) is 2.34. The van der Waals surface area contributed by atoms with Crippen molar-refractivity contribution in [3.8, 4) is 5.75 Å². The van der Waals surface area contributed by atoms with Gasteiger partial charge >= 0.3 is 0 Å². The number of nitrogens with zero attached hydrogens (tertiary/aromatic N) is 2. The molecule has 1 saturated heterocycles. The third-order valence-corrected chi connectivity index (χ3v) is 4.71. The van der Waals surface area contributed by atoms with Crippen LogP contribution in [0.2, 0.25) is 0 Å². The molecule has 0 amide bonds. The number of rotatable bonds is 8. The fraction of sp³-hybridized carbons (Fsp3) is 0.409. The van der Waals surface area contributed by atoms with Gasteiger partial charge in [0.2, 0.25) is 0 Å². The Kier molecular flexibility index (Phi) is 10.8. The summed E-state index contributed by atoms with van der Waals surface area (Å²) in [6, 6.07) is 18.4. The van der Waals surface area contributed by atoms with Crippen LogP contribution < -0.4 is 15.4 Å². The molecule has 6 nitrogen and oxygen atoms in total. The molecule has 0 spiro atoms. The molecule has 158 valence electrons. The van der Waals surface area contributed by atoms with Crippen molar-refractivity contribution in [1.82, 2.24) is 15.5 Å². The van der Waals surface area contributed by atoms with Crippen LogP contribution in [0.15, 0.2) is 59.6 Å². The van der Waals surface area contributed by atoms with Gasteiger partial charge in [-0.2, -0.15) is 0 Å². The topological polar surface area (TPSA) is 58.1 Å². The van der Waals surface area contributed by atoms with Crippen LogP contribution in [-0.4, -0.2) is 57.4 Å². The molecule has 2 aromatic rings. The molecule has 0 atom stereocenters. The molecule has 1 fully saturated rings. The predicted molar refractivity (Wildman–Crippen MR) is 128 cm³/mol. The Morgan fingerprint density at radius 2 is 1.69 bits per heavy atom. The largest absolute Gasteiger partial charge is 0.492 e. The van der Waals surface area contributed by atoms with Crippen molar-refractivity contribution in [3.05, 3.63) is 65.7 Å². The maximum Gasteiger partial charge on any atom is 0.191 e. The second-order valence-corrected chi connectivity index (χ2v) is 6.68. The first kappa shape index (κ1) is 23.4. The lowest BCUT2D eigenvalue weighted by Gasteiger charge is -2.26. The lowest BCUT2D eigenvalue weighted by Crippen LogP contribution is -2.38. The molecule has 1 aliphatic rings. The molecule has 2 aromatic carbocycles. The second kappa shape index (κ2) is 13.4. The smallest absolute Gasteiger partial charge is 0.191 e. The average molecular weight is 510 g/mol. The normalized spacial score (nSPS) is 14.7. The molecule has 1 aliphatic heterocycles. The number of guanidine groups is 1. The van der Waals surface area contributed by atoms with Gasteiger partial charge in [0, 0.05) is 45.3 Å². The standard InChI is InChI=1S/C22H30N4O2.HI/c1-23-22(24-17-19-7-3-2-4-8-19)25-18-20-9-5-6-10-21(20)28-16-13-26-11-14-27-15-12-26;/h2-10H,11-18H2,1H3,(H2,23,24,25);1H. The summed E-state index contributed by atoms with van der Waals surface area (Å²) in [6.07, 6.45) is 0. The highest BCUT2D eigenvalue weighted by molar-refractivity contribution is 14.0. The molecule has 29 heavy (non-hydrogen) atoms. The van der Waals surface area contributed by atoms with Crippen LogP contribution in [0.25, 0.3) is 0 Å². The lowest BCUT2D eigenvalue weighted by atomic mass is 10.2. The molecule has 2 N–H and O–H groups in total. The molecule has 0 saturated carbocycles. The van der Waals surface area contributed by atoms with Crippen LogP contribution in [0.5, 0.6) is 5.75 Å². The van der Waals surface area contributed by atoms with Crippen molar-refractivity contribution in [3.63, 3.8) is 0 Å². The molecule has 0 aliphatic carbocycles. The zero-order valence-electron chi connectivity index (χ0n) is 17.0. The quantitative estimate of drug-likeness (QED) is 0.325. The molecule has 3 rings (SSSR count). The van der Waals surface area contributed by atoms with Gasteiger partial charge in [0.25, 0.3) is 0 Å². The first-order valence-electron chi connectivity index (χ1n) is 9.84. The molecule has 0 unspecified atom stereocenters. The maximum atomic E-state index is 6.05. The molecule has 1 heterocycles. The molecular formula is C22H31IN4O2. The number of halogens is 1. The number of para-hydroxylation sites is 1. The second-order valence-electron chi connectivity index (χ2n) is 6.68. The minimum atomic E-state index is 0. The average Bonchev–Trinajstić information content (AvgIpc) is 2.76. The van der Waals surface area contributed by atoms with Crippen molar-refractivity contribution < 1.29 is 9.47 Å². The van der Waals surface area contributed by atoms with E-state index in [1.807, 2.05) is 36.4 Å². The van der Waals surface area contributed by atoms with Gasteiger partial charge in [0.15, 0.2) is 5.96 Å². The van der Waals surface area contributed by atoms with Crippen molar-refractivity contribution in [2.75, 3.05) is 46.5 Å². The van der Waals surface area contributed by atoms with E-state index in [-0.39, 0.29) is 24.0 Å². The first-order chi connectivity index (χ1) is 13.8. The number of morpholine rings is 1. The highest BCUT2D eigenvalue weighted by Crippen LogP contribution is 2.17. The van der Waals surface area contributed by atoms with Crippen molar-refractivity contribution in [2.24, 2.45) is 4.99 Å². The summed E-state index contributed by atoms with van der Waals surface area (Å²) in [6.45, 7) is 6.58. The van der Waals surface area contributed by atoms with Crippen LogP contribution in [0.3, 0.4) is 0 Å². The van der Waals surface area contributed by atoms with Crippen molar-refractivity contribution in [1.29, 1.82) is 0 Å². The Balaban J connectivity index is 0.00000300. The van der Waals surface area contributed by atoms with E-state index in [0.717, 1.165) is 56.7 Å². The monoisotopic (exact) mass is 510 g/mol. The number of ether oxygens (including phenoxy) is 2. The number of hydrogen-bond donors (Lipinski definition) is 2. The molecule has 7 heteroatoms. The van der Waals surface area contributed by atoms with Gasteiger partial charge in [-0.15, -0.1) is 24.0 Å². The van der Waals surface area contributed by atoms with E-state index in [2.05, 4.69) is 38.7 Å². The predicted octanol–water partition coefficient (Wildman–Crippen LogP) is 2.88. The maximum absolute atomic E-state index is 6.05. The number of hydrogen-bond acceptors (Lipinski definition) is 4. The van der Waals surface area contributed by atoms with E-state index in [9.17, 15) is 0 Å². The zero-order chi connectivity index (χ0) is 19.4. The van der Waals surface area contributed by atoms with Crippen molar-refractivity contribution in [2.45, 2.75) is 13.1 Å². The van der Waals surface area contributed by atoms with Crippen LogP contribution >= 0.6 is 24.0 Å². The molecule has 0 bridgehead atoms. The van der Waals surface area contributed by atoms with Gasteiger partial charge in [-0.1, -0.05) is 48.5 Å². The van der Waals surface area contributed by atoms with Crippen LogP contribution in [-0.2, 0) is 17.8 Å². The van der Waals surface area contributed by atoms with E-state index in [4.69, 9.17) is 9.47 Å². The summed E-state index contributed by atoms with van der Waals surface area (Å²) in [5, 5.41) is 6.71. The molecule has 0 aromatic heterocycles.